The Kier molecular flexibility index (Phi) is 4.61. The lowest BCUT2D eigenvalue weighted by Crippen LogP contribution is -2.07. The van der Waals surface area contributed by atoms with E-state index in [-0.39, 0.29) is 6.10 Å². The van der Waals surface area contributed by atoms with Crippen molar-refractivity contribution in [3.63, 3.8) is 0 Å². The van der Waals surface area contributed by atoms with Gasteiger partial charge >= 0.3 is 0 Å². The van der Waals surface area contributed by atoms with Gasteiger partial charge in [-0.15, -0.1) is 0 Å². The third kappa shape index (κ3) is 3.70. The first-order valence-corrected chi connectivity index (χ1v) is 7.58. The number of hydrogen-bond acceptors (Lipinski definition) is 3. The summed E-state index contributed by atoms with van der Waals surface area (Å²) in [6.07, 6.45) is 0.123. The van der Waals surface area contributed by atoms with Crippen LogP contribution in [0, 0.1) is 13.8 Å². The second kappa shape index (κ2) is 6.23. The van der Waals surface area contributed by atoms with E-state index < -0.39 is 0 Å². The highest BCUT2D eigenvalue weighted by Gasteiger charge is 2.07. The smallest absolute Gasteiger partial charge is 0.143 e. The minimum absolute atomic E-state index is 0.123. The van der Waals surface area contributed by atoms with E-state index in [9.17, 15) is 0 Å². The van der Waals surface area contributed by atoms with E-state index in [1.54, 1.807) is 11.8 Å². The molecule has 20 heavy (non-hydrogen) atoms. The van der Waals surface area contributed by atoms with Crippen molar-refractivity contribution in [2.75, 3.05) is 5.73 Å². The van der Waals surface area contributed by atoms with E-state index in [0.29, 0.717) is 5.69 Å². The molecule has 0 amide bonds. The van der Waals surface area contributed by atoms with Crippen molar-refractivity contribution in [3.05, 3.63) is 47.5 Å². The van der Waals surface area contributed by atoms with Crippen molar-refractivity contribution in [3.8, 4) is 5.75 Å². The molecule has 0 atom stereocenters. The first-order valence-electron chi connectivity index (χ1n) is 6.77. The molecule has 0 spiro atoms. The van der Waals surface area contributed by atoms with Gasteiger partial charge in [-0.25, -0.2) is 0 Å². The first-order chi connectivity index (χ1) is 9.45. The Labute approximate surface area is 125 Å². The Bertz CT molecular complexity index is 608. The number of benzene rings is 2. The zero-order chi connectivity index (χ0) is 14.7. The number of hydrogen-bond donors (Lipinski definition) is 1. The molecule has 0 saturated carbocycles. The lowest BCUT2D eigenvalue weighted by molar-refractivity contribution is 0.243. The van der Waals surface area contributed by atoms with Crippen LogP contribution in [-0.4, -0.2) is 6.10 Å². The summed E-state index contributed by atoms with van der Waals surface area (Å²) in [5.74, 6) is 0.760. The highest BCUT2D eigenvalue weighted by molar-refractivity contribution is 7.99. The van der Waals surface area contributed by atoms with Crippen molar-refractivity contribution in [2.45, 2.75) is 43.6 Å². The number of nitrogens with two attached hydrogens (primary N) is 1. The van der Waals surface area contributed by atoms with E-state index >= 15 is 0 Å². The highest BCUT2D eigenvalue weighted by Crippen LogP contribution is 2.35. The lowest BCUT2D eigenvalue weighted by atomic mass is 10.2. The number of aryl methyl sites for hydroxylation is 2. The maximum Gasteiger partial charge on any atom is 0.143 e. The predicted octanol–water partition coefficient (Wildman–Crippen LogP) is 4.82. The second-order valence-corrected chi connectivity index (χ2v) is 6.35. The van der Waals surface area contributed by atoms with Crippen LogP contribution >= 0.6 is 11.8 Å². The van der Waals surface area contributed by atoms with Gasteiger partial charge in [0.25, 0.3) is 0 Å². The molecule has 0 saturated heterocycles. The van der Waals surface area contributed by atoms with Crippen molar-refractivity contribution < 1.29 is 4.74 Å². The van der Waals surface area contributed by atoms with Gasteiger partial charge in [0.1, 0.15) is 5.75 Å². The summed E-state index contributed by atoms with van der Waals surface area (Å²) in [4.78, 5) is 2.41. The summed E-state index contributed by atoms with van der Waals surface area (Å²) in [6.45, 7) is 8.25. The maximum absolute atomic E-state index is 5.95. The molecule has 0 heterocycles. The summed E-state index contributed by atoms with van der Waals surface area (Å²) in [7, 11) is 0. The topological polar surface area (TPSA) is 35.2 Å². The van der Waals surface area contributed by atoms with Gasteiger partial charge in [-0.05, 0) is 63.1 Å². The van der Waals surface area contributed by atoms with Gasteiger partial charge in [0, 0.05) is 9.79 Å². The van der Waals surface area contributed by atoms with E-state index in [2.05, 4.69) is 32.0 Å². The average Bonchev–Trinajstić information content (AvgIpc) is 2.37. The van der Waals surface area contributed by atoms with Crippen LogP contribution in [0.15, 0.2) is 46.2 Å². The van der Waals surface area contributed by atoms with E-state index in [4.69, 9.17) is 10.5 Å². The number of nitrogen functional groups attached to an aromatic ring is 1. The van der Waals surface area contributed by atoms with Gasteiger partial charge in [-0.3, -0.25) is 0 Å². The van der Waals surface area contributed by atoms with E-state index in [1.807, 2.05) is 32.0 Å². The van der Waals surface area contributed by atoms with Gasteiger partial charge in [-0.2, -0.15) is 0 Å². The Morgan fingerprint density at radius 1 is 1.05 bits per heavy atom. The molecule has 0 unspecified atom stereocenters. The Morgan fingerprint density at radius 2 is 1.80 bits per heavy atom. The van der Waals surface area contributed by atoms with Crippen molar-refractivity contribution in [1.82, 2.24) is 0 Å². The normalized spacial score (nSPS) is 10.8. The molecular formula is C17H21NOS. The number of rotatable bonds is 4. The molecule has 3 heteroatoms. The molecule has 2 rings (SSSR count). The fourth-order valence-corrected chi connectivity index (χ4v) is 2.91. The van der Waals surface area contributed by atoms with Gasteiger partial charge in [0.15, 0.2) is 0 Å². The molecule has 0 aliphatic heterocycles. The maximum atomic E-state index is 5.95. The molecule has 0 aromatic heterocycles. The van der Waals surface area contributed by atoms with Crippen LogP contribution < -0.4 is 10.5 Å². The molecule has 0 fully saturated rings. The molecular weight excluding hydrogens is 266 g/mol. The monoisotopic (exact) mass is 287 g/mol. The van der Waals surface area contributed by atoms with Crippen LogP contribution in [0.2, 0.25) is 0 Å². The van der Waals surface area contributed by atoms with Gasteiger partial charge < -0.3 is 10.5 Å². The second-order valence-electron chi connectivity index (χ2n) is 5.24. The lowest BCUT2D eigenvalue weighted by Gasteiger charge is -2.14. The molecule has 2 aromatic rings. The quantitative estimate of drug-likeness (QED) is 0.818. The third-order valence-electron chi connectivity index (χ3n) is 2.92. The first kappa shape index (κ1) is 14.8. The van der Waals surface area contributed by atoms with Gasteiger partial charge in [0.05, 0.1) is 11.8 Å². The van der Waals surface area contributed by atoms with Crippen LogP contribution in [0.3, 0.4) is 0 Å². The third-order valence-corrected chi connectivity index (χ3v) is 4.07. The van der Waals surface area contributed by atoms with Crippen LogP contribution in [0.4, 0.5) is 5.69 Å². The summed E-state index contributed by atoms with van der Waals surface area (Å²) in [6, 6.07) is 12.5. The standard InChI is InChI=1S/C17H21NOS/c1-11(2)19-16-10-14(7-8-15(16)18)20-17-9-12(3)5-6-13(17)4/h5-11H,18H2,1-4H3. The number of ether oxygens (including phenoxy) is 1. The van der Waals surface area contributed by atoms with Gasteiger partial charge in [-0.1, -0.05) is 23.9 Å². The molecule has 0 radical (unpaired) electrons. The predicted molar refractivity (Wildman–Crippen MR) is 86.7 cm³/mol. The molecule has 0 aliphatic carbocycles. The van der Waals surface area contributed by atoms with Crippen LogP contribution in [0.25, 0.3) is 0 Å². The van der Waals surface area contributed by atoms with Crippen LogP contribution in [-0.2, 0) is 0 Å². The molecule has 0 bridgehead atoms. The molecule has 2 nitrogen and oxygen atoms in total. The SMILES string of the molecule is Cc1ccc(C)c(Sc2ccc(N)c(OC(C)C)c2)c1. The average molecular weight is 287 g/mol. The minimum Gasteiger partial charge on any atom is -0.489 e. The highest BCUT2D eigenvalue weighted by atomic mass is 32.2. The molecule has 2 aromatic carbocycles. The fourth-order valence-electron chi connectivity index (χ4n) is 1.88. The van der Waals surface area contributed by atoms with Crippen molar-refractivity contribution >= 4 is 17.4 Å². The fraction of sp³-hybridized carbons (Fsp3) is 0.294. The van der Waals surface area contributed by atoms with Crippen LogP contribution in [0.1, 0.15) is 25.0 Å². The van der Waals surface area contributed by atoms with E-state index in [1.165, 1.54) is 16.0 Å². The number of anilines is 1. The zero-order valence-corrected chi connectivity index (χ0v) is 13.3. The minimum atomic E-state index is 0.123. The van der Waals surface area contributed by atoms with E-state index in [0.717, 1.165) is 10.6 Å². The van der Waals surface area contributed by atoms with Gasteiger partial charge in [0.2, 0.25) is 0 Å². The Hall–Kier alpha value is -1.61. The Morgan fingerprint density at radius 3 is 2.50 bits per heavy atom. The molecule has 106 valence electrons. The largest absolute Gasteiger partial charge is 0.489 e. The summed E-state index contributed by atoms with van der Waals surface area (Å²) < 4.78 is 5.74. The van der Waals surface area contributed by atoms with Crippen molar-refractivity contribution in [1.29, 1.82) is 0 Å². The van der Waals surface area contributed by atoms with Crippen molar-refractivity contribution in [2.24, 2.45) is 0 Å². The zero-order valence-electron chi connectivity index (χ0n) is 12.4. The summed E-state index contributed by atoms with van der Waals surface area (Å²) in [5, 5.41) is 0. The summed E-state index contributed by atoms with van der Waals surface area (Å²) in [5.41, 5.74) is 9.19. The van der Waals surface area contributed by atoms with Crippen LogP contribution in [0.5, 0.6) is 5.75 Å². The molecule has 0 aliphatic rings. The Balaban J connectivity index is 2.27. The molecule has 2 N–H and O–H groups in total. The summed E-state index contributed by atoms with van der Waals surface area (Å²) >= 11 is 1.74.